The summed E-state index contributed by atoms with van der Waals surface area (Å²) in [5.74, 6) is -3.87. The summed E-state index contributed by atoms with van der Waals surface area (Å²) in [4.78, 5) is 31.7. The Balaban J connectivity index is -0.000000188. The van der Waals surface area contributed by atoms with Crippen LogP contribution in [0.5, 0.6) is 0 Å². The van der Waals surface area contributed by atoms with Crippen LogP contribution in [0.4, 0.5) is 0 Å². The Morgan fingerprint density at radius 1 is 0.917 bits per heavy atom. The van der Waals surface area contributed by atoms with Gasteiger partial charge in [-0.3, -0.25) is 13.2 Å². The first kappa shape index (κ1) is 55.3. The fourth-order valence-electron chi connectivity index (χ4n) is 4.40. The van der Waals surface area contributed by atoms with Gasteiger partial charge in [-0.1, -0.05) is 35.6 Å². The molecule has 3 fully saturated rings. The molecule has 9 N–H and O–H groups in total. The number of carboxylic acids is 2. The smallest absolute Gasteiger partial charge is 0.333 e. The molecule has 0 aromatic heterocycles. The molecule has 5 unspecified atom stereocenters. The van der Waals surface area contributed by atoms with E-state index >= 15 is 0 Å². The second kappa shape index (κ2) is 24.9. The lowest BCUT2D eigenvalue weighted by molar-refractivity contribution is -0.313. The SMILES string of the molecule is C.C.C.CC(=O)NC1COC(COS(=O)(=O)[O-])C[C@H]1O.C[C@@H]1C(C(=O)O)OCC(OS(=O)(=O)[O-])[C@@H]1O.O.O.O=C([O-])C1CCC[C@H](O)C1. The third-order valence-corrected chi connectivity index (χ3v) is 7.48. The zero-order valence-corrected chi connectivity index (χ0v) is 25.8. The Hall–Kier alpha value is -2.13. The van der Waals surface area contributed by atoms with E-state index in [1.165, 1.54) is 13.8 Å². The van der Waals surface area contributed by atoms with Gasteiger partial charge in [0.2, 0.25) is 26.7 Å². The first-order valence-corrected chi connectivity index (χ1v) is 15.6. The second-order valence-corrected chi connectivity index (χ2v) is 12.1. The number of amides is 1. The molecule has 3 rings (SSSR count). The molecular formula is C25H52NO20S2-3. The molecule has 1 amide bonds. The summed E-state index contributed by atoms with van der Waals surface area (Å²) in [5.41, 5.74) is 0. The normalized spacial score (nSPS) is 29.6. The molecular weight excluding hydrogens is 698 g/mol. The van der Waals surface area contributed by atoms with Crippen molar-refractivity contribution in [3.63, 3.8) is 0 Å². The highest BCUT2D eigenvalue weighted by Gasteiger charge is 2.41. The predicted octanol–water partition coefficient (Wildman–Crippen LogP) is -4.02. The van der Waals surface area contributed by atoms with Crippen LogP contribution in [0.2, 0.25) is 0 Å². The Labute approximate surface area is 281 Å². The van der Waals surface area contributed by atoms with E-state index in [0.29, 0.717) is 12.8 Å². The summed E-state index contributed by atoms with van der Waals surface area (Å²) in [6.45, 7) is 1.80. The van der Waals surface area contributed by atoms with Gasteiger partial charge in [0.1, 0.15) is 6.10 Å². The maximum atomic E-state index is 10.8. The van der Waals surface area contributed by atoms with Gasteiger partial charge in [-0.05, 0) is 19.3 Å². The fourth-order valence-corrected chi connectivity index (χ4v) is 5.19. The second-order valence-electron chi connectivity index (χ2n) is 10.1. The molecule has 0 aromatic rings. The lowest BCUT2D eigenvalue weighted by Crippen LogP contribution is -2.52. The molecule has 9 atom stereocenters. The average molecular weight is 751 g/mol. The van der Waals surface area contributed by atoms with E-state index in [0.717, 1.165) is 12.8 Å². The molecule has 1 saturated carbocycles. The van der Waals surface area contributed by atoms with Gasteiger partial charge in [0, 0.05) is 31.1 Å². The van der Waals surface area contributed by atoms with Crippen molar-refractivity contribution in [3.8, 4) is 0 Å². The lowest BCUT2D eigenvalue weighted by Gasteiger charge is -2.36. The van der Waals surface area contributed by atoms with E-state index in [-0.39, 0.29) is 52.2 Å². The molecule has 48 heavy (non-hydrogen) atoms. The van der Waals surface area contributed by atoms with Gasteiger partial charge in [0.15, 0.2) is 6.10 Å². The molecule has 3 aliphatic rings. The molecule has 2 heterocycles. The van der Waals surface area contributed by atoms with Crippen molar-refractivity contribution in [2.75, 3.05) is 19.8 Å². The topological polar surface area (TPSA) is 382 Å². The van der Waals surface area contributed by atoms with Gasteiger partial charge in [-0.2, -0.15) is 0 Å². The molecule has 1 aliphatic carbocycles. The van der Waals surface area contributed by atoms with Crippen LogP contribution in [0.25, 0.3) is 0 Å². The van der Waals surface area contributed by atoms with E-state index in [4.69, 9.17) is 19.7 Å². The number of hydrogen-bond donors (Lipinski definition) is 5. The van der Waals surface area contributed by atoms with Crippen molar-refractivity contribution < 1.29 is 94.6 Å². The Morgan fingerprint density at radius 2 is 1.48 bits per heavy atom. The number of carbonyl (C=O) groups excluding carboxylic acids is 2. The van der Waals surface area contributed by atoms with Crippen LogP contribution in [-0.2, 0) is 53.0 Å². The van der Waals surface area contributed by atoms with Crippen molar-refractivity contribution in [1.82, 2.24) is 5.32 Å². The van der Waals surface area contributed by atoms with Crippen molar-refractivity contribution in [2.24, 2.45) is 11.8 Å². The minimum Gasteiger partial charge on any atom is -0.726 e. The third-order valence-electron chi connectivity index (χ3n) is 6.57. The van der Waals surface area contributed by atoms with E-state index in [1.54, 1.807) is 0 Å². The largest absolute Gasteiger partial charge is 0.726 e. The summed E-state index contributed by atoms with van der Waals surface area (Å²) in [6, 6.07) is -0.535. The van der Waals surface area contributed by atoms with Crippen molar-refractivity contribution >= 4 is 38.6 Å². The quantitative estimate of drug-likeness (QED) is 0.116. The van der Waals surface area contributed by atoms with E-state index in [2.05, 4.69) is 13.7 Å². The van der Waals surface area contributed by atoms with Gasteiger partial charge < -0.3 is 65.2 Å². The summed E-state index contributed by atoms with van der Waals surface area (Å²) >= 11 is 0. The van der Waals surface area contributed by atoms with Crippen molar-refractivity contribution in [1.29, 1.82) is 0 Å². The van der Waals surface area contributed by atoms with Crippen LogP contribution in [-0.4, -0.2) is 138 Å². The van der Waals surface area contributed by atoms with Crippen LogP contribution < -0.4 is 10.4 Å². The molecule has 0 bridgehead atoms. The van der Waals surface area contributed by atoms with Gasteiger partial charge >= 0.3 is 5.97 Å². The minimum atomic E-state index is -4.96. The number of hydrogen-bond acceptors (Lipinski definition) is 17. The molecule has 292 valence electrons. The fraction of sp³-hybridized carbons (Fsp3) is 0.880. The van der Waals surface area contributed by atoms with Gasteiger partial charge in [-0.25, -0.2) is 21.6 Å². The summed E-state index contributed by atoms with van der Waals surface area (Å²) in [6.07, 6.45) is -3.30. The molecule has 21 nitrogen and oxygen atoms in total. The number of carbonyl (C=O) groups is 3. The van der Waals surface area contributed by atoms with Crippen LogP contribution in [0.15, 0.2) is 0 Å². The zero-order chi connectivity index (χ0) is 33.1. The third kappa shape index (κ3) is 21.8. The van der Waals surface area contributed by atoms with E-state index in [1.807, 2.05) is 0 Å². The minimum absolute atomic E-state index is 0. The lowest BCUT2D eigenvalue weighted by atomic mass is 9.87. The van der Waals surface area contributed by atoms with E-state index in [9.17, 15) is 55.6 Å². The number of carboxylic acid groups (broad SMARTS) is 2. The van der Waals surface area contributed by atoms with Gasteiger partial charge in [-0.15, -0.1) is 0 Å². The maximum absolute atomic E-state index is 10.8. The Morgan fingerprint density at radius 3 is 1.88 bits per heavy atom. The number of aliphatic carboxylic acids is 2. The van der Waals surface area contributed by atoms with Crippen molar-refractivity contribution in [3.05, 3.63) is 0 Å². The van der Waals surface area contributed by atoms with Crippen LogP contribution >= 0.6 is 0 Å². The highest BCUT2D eigenvalue weighted by molar-refractivity contribution is 7.81. The van der Waals surface area contributed by atoms with Crippen LogP contribution in [0.1, 0.15) is 68.2 Å². The summed E-state index contributed by atoms with van der Waals surface area (Å²) in [5, 5.41) is 49.7. The molecule has 23 heteroatoms. The monoisotopic (exact) mass is 750 g/mol. The van der Waals surface area contributed by atoms with E-state index < -0.39 is 100 Å². The first-order valence-electron chi connectivity index (χ1n) is 12.9. The first-order chi connectivity index (χ1) is 19.7. The molecule has 0 aromatic carbocycles. The maximum Gasteiger partial charge on any atom is 0.333 e. The Bertz CT molecular complexity index is 1140. The van der Waals surface area contributed by atoms with Gasteiger partial charge in [0.25, 0.3) is 0 Å². The predicted molar refractivity (Wildman–Crippen MR) is 161 cm³/mol. The number of aliphatic hydroxyl groups excluding tert-OH is 3. The highest BCUT2D eigenvalue weighted by Crippen LogP contribution is 2.25. The highest BCUT2D eigenvalue weighted by atomic mass is 32.3. The number of rotatable bonds is 8. The molecule has 0 radical (unpaired) electrons. The Kier molecular flexibility index (Phi) is 28.7. The number of aliphatic hydroxyl groups is 3. The van der Waals surface area contributed by atoms with Gasteiger partial charge in [0.05, 0.1) is 50.3 Å². The van der Waals surface area contributed by atoms with Crippen molar-refractivity contribution in [2.45, 2.75) is 111 Å². The summed E-state index contributed by atoms with van der Waals surface area (Å²) in [7, 11) is -9.71. The zero-order valence-electron chi connectivity index (χ0n) is 24.2. The average Bonchev–Trinajstić information content (AvgIpc) is 2.86. The molecule has 0 spiro atoms. The number of ether oxygens (including phenoxy) is 2. The number of nitrogens with one attached hydrogen (secondary N) is 1. The molecule has 2 saturated heterocycles. The molecule has 2 aliphatic heterocycles. The van der Waals surface area contributed by atoms with Crippen LogP contribution in [0.3, 0.4) is 0 Å². The standard InChI is InChI=1S/C8H15NO7S.C7H12O8S.C7H12O3.3CH4.2H2O/c1-5(10)9-7-4-15-6(2-8(7)11)3-16-17(12,13)14;1-3-5(8)4(15-16(11,12)13)2-14-6(3)7(9)10;8-6-3-1-2-5(4-6)7(9)10;;;;;/h6-8,11H,2-4H2,1H3,(H,9,10)(H,12,13,14);3-6,8H,2H2,1H3,(H,9,10)(H,11,12,13);5-6,8H,1-4H2,(H,9,10);3*1H4;2*1H2/p-3/t6?,7?,8-;3-,4?,5+,6?;5?,6-;;;;;/m100...../s1. The van der Waals surface area contributed by atoms with Crippen LogP contribution in [0, 0.1) is 11.8 Å². The summed E-state index contributed by atoms with van der Waals surface area (Å²) < 4.78 is 79.6.